The number of benzene rings is 1. The molecular formula is C18H23NO3. The Hall–Kier alpha value is -1.86. The first-order chi connectivity index (χ1) is 10.7. The maximum atomic E-state index is 12.6. The van der Waals surface area contributed by atoms with Crippen LogP contribution in [0.4, 0.5) is 0 Å². The van der Waals surface area contributed by atoms with Crippen LogP contribution in [0.1, 0.15) is 33.1 Å². The highest BCUT2D eigenvalue weighted by Gasteiger charge is 2.45. The van der Waals surface area contributed by atoms with Gasteiger partial charge in [0.15, 0.2) is 0 Å². The van der Waals surface area contributed by atoms with E-state index in [1.54, 1.807) is 12.1 Å². The summed E-state index contributed by atoms with van der Waals surface area (Å²) < 4.78 is 11.1. The molecule has 4 atom stereocenters. The number of hydrogen-bond acceptors (Lipinski definition) is 4. The second-order valence-electron chi connectivity index (χ2n) is 5.67. The molecule has 2 rings (SSSR count). The fraction of sp³-hybridized carbons (Fsp3) is 0.556. The van der Waals surface area contributed by atoms with Crippen LogP contribution in [0, 0.1) is 29.1 Å². The summed E-state index contributed by atoms with van der Waals surface area (Å²) in [4.78, 5) is 12.6. The van der Waals surface area contributed by atoms with Crippen molar-refractivity contribution in [3.63, 3.8) is 0 Å². The average molecular weight is 301 g/mol. The number of nitriles is 1. The van der Waals surface area contributed by atoms with E-state index in [1.807, 2.05) is 25.1 Å². The first kappa shape index (κ1) is 16.5. The van der Waals surface area contributed by atoms with Gasteiger partial charge in [-0.1, -0.05) is 31.5 Å². The minimum Gasteiger partial charge on any atom is -0.426 e. The zero-order valence-electron chi connectivity index (χ0n) is 13.2. The lowest BCUT2D eigenvalue weighted by molar-refractivity contribution is -0.143. The molecule has 4 nitrogen and oxygen atoms in total. The zero-order valence-corrected chi connectivity index (χ0v) is 13.2. The Kier molecular flexibility index (Phi) is 5.97. The quantitative estimate of drug-likeness (QED) is 0.595. The summed E-state index contributed by atoms with van der Waals surface area (Å²) in [6.45, 7) is 4.43. The first-order valence-electron chi connectivity index (χ1n) is 7.99. The van der Waals surface area contributed by atoms with E-state index in [0.717, 1.165) is 19.3 Å². The van der Waals surface area contributed by atoms with E-state index in [-0.39, 0.29) is 23.7 Å². The standard InChI is InChI=1S/C18H23NO3/c1-3-13-10-11-15(16(12-19)21-4-2)17(13)18(20)22-14-8-6-5-7-9-14/h5-9,13,15-17H,3-4,10-11H2,1-2H3. The molecule has 0 radical (unpaired) electrons. The van der Waals surface area contributed by atoms with Crippen molar-refractivity contribution in [3.8, 4) is 11.8 Å². The monoisotopic (exact) mass is 301 g/mol. The Bertz CT molecular complexity index is 523. The maximum Gasteiger partial charge on any atom is 0.315 e. The van der Waals surface area contributed by atoms with Gasteiger partial charge >= 0.3 is 5.97 Å². The largest absolute Gasteiger partial charge is 0.426 e. The van der Waals surface area contributed by atoms with Crippen molar-refractivity contribution < 1.29 is 14.3 Å². The Morgan fingerprint density at radius 2 is 2.05 bits per heavy atom. The van der Waals surface area contributed by atoms with Crippen molar-refractivity contribution in [1.82, 2.24) is 0 Å². The molecule has 0 amide bonds. The summed E-state index contributed by atoms with van der Waals surface area (Å²) in [5, 5.41) is 9.34. The molecule has 0 aromatic heterocycles. The predicted octanol–water partition coefficient (Wildman–Crippen LogP) is 3.57. The molecule has 118 valence electrons. The van der Waals surface area contributed by atoms with Crippen LogP contribution in [0.15, 0.2) is 30.3 Å². The van der Waals surface area contributed by atoms with Crippen LogP contribution in [0.5, 0.6) is 5.75 Å². The first-order valence-corrected chi connectivity index (χ1v) is 7.99. The van der Waals surface area contributed by atoms with Crippen LogP contribution in [-0.2, 0) is 9.53 Å². The van der Waals surface area contributed by atoms with Gasteiger partial charge in [0.1, 0.15) is 11.9 Å². The highest BCUT2D eigenvalue weighted by atomic mass is 16.5. The second-order valence-corrected chi connectivity index (χ2v) is 5.67. The third kappa shape index (κ3) is 3.66. The molecular weight excluding hydrogens is 278 g/mol. The molecule has 1 saturated carbocycles. The topological polar surface area (TPSA) is 59.3 Å². The molecule has 4 unspecified atom stereocenters. The van der Waals surface area contributed by atoms with Gasteiger partial charge in [0, 0.05) is 12.5 Å². The van der Waals surface area contributed by atoms with Gasteiger partial charge in [-0.25, -0.2) is 0 Å². The highest BCUT2D eigenvalue weighted by molar-refractivity contribution is 5.76. The summed E-state index contributed by atoms with van der Waals surface area (Å²) in [6.07, 6.45) is 2.16. The number of esters is 1. The van der Waals surface area contributed by atoms with E-state index in [0.29, 0.717) is 12.4 Å². The fourth-order valence-corrected chi connectivity index (χ4v) is 3.39. The van der Waals surface area contributed by atoms with Crippen molar-refractivity contribution in [2.45, 2.75) is 39.2 Å². The minimum absolute atomic E-state index is 0.0777. The molecule has 1 aromatic rings. The molecule has 1 fully saturated rings. The van der Waals surface area contributed by atoms with Crippen molar-refractivity contribution in [3.05, 3.63) is 30.3 Å². The maximum absolute atomic E-state index is 12.6. The van der Waals surface area contributed by atoms with E-state index < -0.39 is 6.10 Å². The van der Waals surface area contributed by atoms with Crippen molar-refractivity contribution in [2.75, 3.05) is 6.61 Å². The summed E-state index contributed by atoms with van der Waals surface area (Å²) >= 11 is 0. The Morgan fingerprint density at radius 3 is 2.64 bits per heavy atom. The third-order valence-electron chi connectivity index (χ3n) is 4.46. The van der Waals surface area contributed by atoms with Crippen LogP contribution in [0.25, 0.3) is 0 Å². The van der Waals surface area contributed by atoms with Gasteiger partial charge in [-0.15, -0.1) is 0 Å². The van der Waals surface area contributed by atoms with Crippen molar-refractivity contribution in [2.24, 2.45) is 17.8 Å². The van der Waals surface area contributed by atoms with Crippen molar-refractivity contribution in [1.29, 1.82) is 5.26 Å². The predicted molar refractivity (Wildman–Crippen MR) is 83.1 cm³/mol. The summed E-state index contributed by atoms with van der Waals surface area (Å²) in [6, 6.07) is 11.3. The molecule has 0 spiro atoms. The van der Waals surface area contributed by atoms with Crippen LogP contribution in [0.3, 0.4) is 0 Å². The second kappa shape index (κ2) is 7.95. The van der Waals surface area contributed by atoms with E-state index in [4.69, 9.17) is 9.47 Å². The lowest BCUT2D eigenvalue weighted by Crippen LogP contribution is -2.35. The molecule has 0 N–H and O–H groups in total. The number of carbonyl (C=O) groups excluding carboxylic acids is 1. The van der Waals surface area contributed by atoms with E-state index >= 15 is 0 Å². The summed E-state index contributed by atoms with van der Waals surface area (Å²) in [5.41, 5.74) is 0. The molecule has 22 heavy (non-hydrogen) atoms. The van der Waals surface area contributed by atoms with Gasteiger partial charge in [-0.2, -0.15) is 5.26 Å². The van der Waals surface area contributed by atoms with E-state index in [1.165, 1.54) is 0 Å². The third-order valence-corrected chi connectivity index (χ3v) is 4.46. The Balaban J connectivity index is 2.15. The zero-order chi connectivity index (χ0) is 15.9. The normalized spacial score (nSPS) is 25.4. The molecule has 4 heteroatoms. The highest BCUT2D eigenvalue weighted by Crippen LogP contribution is 2.42. The molecule has 0 heterocycles. The molecule has 0 saturated heterocycles. The molecule has 0 aliphatic heterocycles. The van der Waals surface area contributed by atoms with Gasteiger partial charge < -0.3 is 9.47 Å². The Labute approximate surface area is 132 Å². The number of carbonyl (C=O) groups is 1. The summed E-state index contributed by atoms with van der Waals surface area (Å²) in [5.74, 6) is 0.239. The lowest BCUT2D eigenvalue weighted by Gasteiger charge is -2.25. The van der Waals surface area contributed by atoms with E-state index in [9.17, 15) is 10.1 Å². The SMILES string of the molecule is CCOC(C#N)C1CCC(CC)C1C(=O)Oc1ccccc1. The number of para-hydroxylation sites is 1. The van der Waals surface area contributed by atoms with Gasteiger partial charge in [0.25, 0.3) is 0 Å². The Morgan fingerprint density at radius 1 is 1.32 bits per heavy atom. The average Bonchev–Trinajstić information content (AvgIpc) is 2.97. The van der Waals surface area contributed by atoms with Gasteiger partial charge in [-0.3, -0.25) is 4.79 Å². The fourth-order valence-electron chi connectivity index (χ4n) is 3.39. The van der Waals surface area contributed by atoms with Crippen LogP contribution in [0.2, 0.25) is 0 Å². The smallest absolute Gasteiger partial charge is 0.315 e. The number of rotatable bonds is 6. The van der Waals surface area contributed by atoms with Crippen LogP contribution >= 0.6 is 0 Å². The van der Waals surface area contributed by atoms with Crippen molar-refractivity contribution >= 4 is 5.97 Å². The van der Waals surface area contributed by atoms with Gasteiger partial charge in [-0.05, 0) is 37.8 Å². The van der Waals surface area contributed by atoms with Crippen LogP contribution in [-0.4, -0.2) is 18.7 Å². The summed E-state index contributed by atoms with van der Waals surface area (Å²) in [7, 11) is 0. The molecule has 1 aliphatic carbocycles. The number of hydrogen-bond donors (Lipinski definition) is 0. The lowest BCUT2D eigenvalue weighted by atomic mass is 9.85. The van der Waals surface area contributed by atoms with E-state index in [2.05, 4.69) is 13.0 Å². The molecule has 0 bridgehead atoms. The number of ether oxygens (including phenoxy) is 2. The molecule has 1 aromatic carbocycles. The minimum atomic E-state index is -0.533. The van der Waals surface area contributed by atoms with Gasteiger partial charge in [0.2, 0.25) is 0 Å². The molecule has 1 aliphatic rings. The number of nitrogens with zero attached hydrogens (tertiary/aromatic N) is 1. The van der Waals surface area contributed by atoms with Crippen LogP contribution < -0.4 is 4.74 Å². The van der Waals surface area contributed by atoms with Gasteiger partial charge in [0.05, 0.1) is 12.0 Å².